The van der Waals surface area contributed by atoms with Crippen molar-refractivity contribution in [2.45, 2.75) is 66.2 Å². The van der Waals surface area contributed by atoms with Crippen molar-refractivity contribution in [3.63, 3.8) is 0 Å². The van der Waals surface area contributed by atoms with E-state index < -0.39 is 0 Å². The molecule has 0 spiro atoms. The Kier molecular flexibility index (Phi) is 9.52. The first-order chi connectivity index (χ1) is 22.7. The van der Waals surface area contributed by atoms with Crippen LogP contribution in [0.3, 0.4) is 0 Å². The van der Waals surface area contributed by atoms with Gasteiger partial charge in [0.15, 0.2) is 0 Å². The number of imidazole rings is 1. The van der Waals surface area contributed by atoms with Gasteiger partial charge in [-0.2, -0.15) is 5.26 Å². The van der Waals surface area contributed by atoms with Crippen molar-refractivity contribution in [2.24, 2.45) is 20.5 Å². The summed E-state index contributed by atoms with van der Waals surface area (Å²) in [4.78, 5) is 26.5. The van der Waals surface area contributed by atoms with Gasteiger partial charge in [0, 0.05) is 32.9 Å². The molecule has 49 heavy (non-hydrogen) atoms. The van der Waals surface area contributed by atoms with Gasteiger partial charge >= 0.3 is 6.19 Å². The molecule has 0 saturated heterocycles. The van der Waals surface area contributed by atoms with Crippen molar-refractivity contribution in [3.8, 4) is 12.3 Å². The molecular formula is C27H24CoN21-3. The Bertz CT molecular complexity index is 2160. The summed E-state index contributed by atoms with van der Waals surface area (Å²) in [6, 6.07) is 1.76. The van der Waals surface area contributed by atoms with Crippen LogP contribution in [0.25, 0.3) is 21.0 Å². The van der Waals surface area contributed by atoms with Gasteiger partial charge in [0.25, 0.3) is 0 Å². The predicted octanol–water partition coefficient (Wildman–Crippen LogP) is 3.71. The molecule has 6 rings (SSSR count). The van der Waals surface area contributed by atoms with Crippen molar-refractivity contribution in [3.05, 3.63) is 51.7 Å². The van der Waals surface area contributed by atoms with Crippen molar-refractivity contribution in [1.82, 2.24) is 59.7 Å². The van der Waals surface area contributed by atoms with Gasteiger partial charge in [-0.3, -0.25) is 24.3 Å². The van der Waals surface area contributed by atoms with Crippen LogP contribution in [0.2, 0.25) is 0 Å². The fourth-order valence-corrected chi connectivity index (χ4v) is 4.12. The molecule has 0 atom stereocenters. The first kappa shape index (κ1) is 35.2. The van der Waals surface area contributed by atoms with Gasteiger partial charge in [-0.25, -0.2) is 27.0 Å². The third-order valence-corrected chi connectivity index (χ3v) is 6.17. The second-order valence-electron chi connectivity index (χ2n) is 12.0. The first-order valence-corrected chi connectivity index (χ1v) is 13.9. The van der Waals surface area contributed by atoms with E-state index >= 15 is 0 Å². The van der Waals surface area contributed by atoms with Gasteiger partial charge in [0.2, 0.25) is 11.8 Å². The minimum Gasteiger partial charge on any atom is -0.562 e. The molecule has 0 unspecified atom stereocenters. The second-order valence-corrected chi connectivity index (χ2v) is 12.0. The van der Waals surface area contributed by atoms with Gasteiger partial charge in [-0.15, -0.1) is 14.9 Å². The van der Waals surface area contributed by atoms with Gasteiger partial charge in [0.05, 0.1) is 34.4 Å². The van der Waals surface area contributed by atoms with Crippen LogP contribution in [0.4, 0.5) is 34.9 Å². The van der Waals surface area contributed by atoms with Crippen molar-refractivity contribution in [2.75, 3.05) is 0 Å². The molecular weight excluding hydrogens is 677 g/mol. The van der Waals surface area contributed by atoms with Crippen molar-refractivity contribution < 1.29 is 21.5 Å². The molecule has 0 amide bonds. The standard InChI is InChI=1S/C14H12N10.C13H12N11.Co/c1-7-17-12-8(9(14(2,3)4)23-24(12)22-7)20-21-13-18-10(15-5)11(16-6)19-13;1-7-16-11-9(10(13(2,3)4)21-24(11)20-7)18-19-12-17-8(5-14)23(6-15)22-12;/h2*1-4H3;/q-2;-1;. The number of nitrogens with zero attached hydrogens (tertiary/aromatic N) is 21. The van der Waals surface area contributed by atoms with Crippen molar-refractivity contribution >= 4 is 46.2 Å². The van der Waals surface area contributed by atoms with Gasteiger partial charge in [0.1, 0.15) is 23.3 Å². The van der Waals surface area contributed by atoms with Crippen LogP contribution >= 0.6 is 0 Å². The van der Waals surface area contributed by atoms with Crippen LogP contribution in [-0.4, -0.2) is 39.6 Å². The summed E-state index contributed by atoms with van der Waals surface area (Å²) in [6.45, 7) is 29.4. The summed E-state index contributed by atoms with van der Waals surface area (Å²) in [7, 11) is 0. The first-order valence-electron chi connectivity index (χ1n) is 13.9. The second kappa shape index (κ2) is 13.2. The largest absolute Gasteiger partial charge is 0.562 e. The number of hydrogen-bond acceptors (Lipinski definition) is 12. The third-order valence-electron chi connectivity index (χ3n) is 6.17. The average Bonchev–Trinajstić information content (AvgIpc) is 3.84. The van der Waals surface area contributed by atoms with E-state index in [2.05, 4.69) is 80.6 Å². The van der Waals surface area contributed by atoms with E-state index in [-0.39, 0.29) is 57.0 Å². The maximum atomic E-state index is 8.88. The fraction of sp³-hybridized carbons (Fsp3) is 0.370. The molecule has 21 nitrogen and oxygen atoms in total. The molecule has 0 aliphatic carbocycles. The van der Waals surface area contributed by atoms with E-state index in [0.717, 1.165) is 4.68 Å². The molecule has 0 bridgehead atoms. The van der Waals surface area contributed by atoms with Crippen LogP contribution < -0.4 is 24.7 Å². The molecule has 1 radical (unpaired) electrons. The summed E-state index contributed by atoms with van der Waals surface area (Å²) in [5, 5.41) is 54.9. The zero-order valence-corrected chi connectivity index (χ0v) is 28.3. The minimum atomic E-state index is -0.304. The Morgan fingerprint density at radius 3 is 1.63 bits per heavy atom. The van der Waals surface area contributed by atoms with Crippen LogP contribution in [-0.2, 0) is 27.6 Å². The number of hydrogen-bond donors (Lipinski definition) is 0. The van der Waals surface area contributed by atoms with E-state index in [1.165, 1.54) is 9.26 Å². The van der Waals surface area contributed by atoms with E-state index in [1.807, 2.05) is 41.5 Å². The number of azo groups is 2. The summed E-state index contributed by atoms with van der Waals surface area (Å²) < 4.78 is 3.61. The molecule has 6 aromatic rings. The smallest absolute Gasteiger partial charge is 0.382 e. The minimum absolute atomic E-state index is 0. The summed E-state index contributed by atoms with van der Waals surface area (Å²) in [6.07, 6.45) is 1.71. The quantitative estimate of drug-likeness (QED) is 0.145. The number of fused-ring (bicyclic) bond motifs is 2. The Hall–Kier alpha value is -6.62. The van der Waals surface area contributed by atoms with Gasteiger partial charge < -0.3 is 34.8 Å². The van der Waals surface area contributed by atoms with Crippen LogP contribution in [0.5, 0.6) is 0 Å². The zero-order chi connectivity index (χ0) is 35.0. The fourth-order valence-electron chi connectivity index (χ4n) is 4.12. The predicted molar refractivity (Wildman–Crippen MR) is 161 cm³/mol. The molecule has 0 aromatic carbocycles. The van der Waals surface area contributed by atoms with Gasteiger partial charge in [-0.1, -0.05) is 48.1 Å². The van der Waals surface area contributed by atoms with Crippen LogP contribution in [0.15, 0.2) is 20.5 Å². The Labute approximate surface area is 288 Å². The molecule has 0 saturated carbocycles. The normalized spacial score (nSPS) is 11.7. The number of rotatable bonds is 4. The molecule has 0 N–H and O–H groups in total. The van der Waals surface area contributed by atoms with E-state index in [4.69, 9.17) is 23.7 Å². The Morgan fingerprint density at radius 2 is 1.24 bits per heavy atom. The number of aromatic nitrogens is 13. The molecule has 0 aliphatic heterocycles. The number of nitriles is 2. The molecule has 249 valence electrons. The molecule has 0 fully saturated rings. The topological polar surface area (TPSA) is 252 Å². The summed E-state index contributed by atoms with van der Waals surface area (Å²) >= 11 is 0. The average molecular weight is 702 g/mol. The zero-order valence-electron chi connectivity index (χ0n) is 27.2. The third kappa shape index (κ3) is 7.05. The van der Waals surface area contributed by atoms with E-state index in [0.29, 0.717) is 45.7 Å². The maximum absolute atomic E-state index is 8.88. The van der Waals surface area contributed by atoms with E-state index in [9.17, 15) is 0 Å². The maximum Gasteiger partial charge on any atom is 0.382 e. The molecule has 22 heteroatoms. The van der Waals surface area contributed by atoms with E-state index in [1.54, 1.807) is 26.1 Å². The summed E-state index contributed by atoms with van der Waals surface area (Å²) in [5.41, 5.74) is 2.65. The Balaban J connectivity index is 0.000000216. The monoisotopic (exact) mass is 701 g/mol. The Morgan fingerprint density at radius 1 is 0.735 bits per heavy atom. The molecule has 0 aliphatic rings. The van der Waals surface area contributed by atoms with Crippen LogP contribution in [0.1, 0.15) is 70.4 Å². The van der Waals surface area contributed by atoms with Gasteiger partial charge in [-0.05, 0) is 25.5 Å². The summed E-state index contributed by atoms with van der Waals surface area (Å²) in [5.74, 6) is 0.674. The molecule has 6 heterocycles. The molecule has 6 aromatic heterocycles. The number of aryl methyl sites for hydroxylation is 2. The van der Waals surface area contributed by atoms with Crippen molar-refractivity contribution in [1.29, 1.82) is 10.5 Å². The van der Waals surface area contributed by atoms with Crippen LogP contribution in [0, 0.1) is 49.8 Å². The SMILES string of the molecule is Cc1nn2nc(C(C)(C)C)c(N=Nc3nc(C#N)[n+](C#N)[n-]3)c2[n-]1.[C-]#[N+]c1nc(N=Nc2c(C(C)(C)C)nn3nc(C)[n-]c23)[n-]c1[N+]#[C-].[Co].